The molecule has 0 amide bonds. The second kappa shape index (κ2) is 11.0. The summed E-state index contributed by atoms with van der Waals surface area (Å²) < 4.78 is 30.9. The lowest BCUT2D eigenvalue weighted by Crippen LogP contribution is -2.83. The number of aliphatic hydroxyl groups excluding tert-OH is 1. The molecule has 2 aromatic rings. The number of aliphatic hydroxyl groups is 2. The van der Waals surface area contributed by atoms with Crippen LogP contribution in [-0.4, -0.2) is 81.4 Å². The molecule has 0 unspecified atom stereocenters. The number of hydrogen-bond donors (Lipinski definition) is 2. The quantitative estimate of drug-likeness (QED) is 0.366. The number of benzene rings is 2. The maximum atomic E-state index is 13.7. The Morgan fingerprint density at radius 2 is 1.20 bits per heavy atom. The molecular formula is C33H38O11. The van der Waals surface area contributed by atoms with E-state index in [0.29, 0.717) is 0 Å². The van der Waals surface area contributed by atoms with Crippen LogP contribution in [-0.2, 0) is 33.3 Å². The van der Waals surface area contributed by atoms with Crippen LogP contribution in [0.25, 0.3) is 0 Å². The molecule has 1 aliphatic heterocycles. The maximum absolute atomic E-state index is 13.7. The molecule has 3 fully saturated rings. The van der Waals surface area contributed by atoms with E-state index in [9.17, 15) is 29.4 Å². The van der Waals surface area contributed by atoms with Gasteiger partial charge in [-0.3, -0.25) is 9.59 Å². The van der Waals surface area contributed by atoms with Gasteiger partial charge in [0.1, 0.15) is 23.9 Å². The van der Waals surface area contributed by atoms with E-state index in [2.05, 4.69) is 0 Å². The van der Waals surface area contributed by atoms with Crippen molar-refractivity contribution < 1.29 is 53.1 Å². The first-order valence-corrected chi connectivity index (χ1v) is 14.5. The van der Waals surface area contributed by atoms with Crippen LogP contribution in [0.1, 0.15) is 68.7 Å². The zero-order valence-corrected chi connectivity index (χ0v) is 25.5. The van der Waals surface area contributed by atoms with Crippen molar-refractivity contribution >= 4 is 23.9 Å². The summed E-state index contributed by atoms with van der Waals surface area (Å²) in [4.78, 5) is 52.5. The Bertz CT molecular complexity index is 1440. The summed E-state index contributed by atoms with van der Waals surface area (Å²) in [5.74, 6) is -4.01. The van der Waals surface area contributed by atoms with Gasteiger partial charge in [-0.15, -0.1) is 0 Å². The lowest BCUT2D eigenvalue weighted by molar-refractivity contribution is -0.351. The predicted octanol–water partition coefficient (Wildman–Crippen LogP) is 3.00. The SMILES string of the molecule is CC(=O)O[C@@H]1[C@@H](O)C[C@](C)(O)[C@]23OC(C)(C)[C@H]([C@H](OC(=O)c4ccccc4)[C@H](OC(=O)c4ccccc4)[C@]12C)[C@H]3OC(C)=O. The van der Waals surface area contributed by atoms with Crippen molar-refractivity contribution in [2.24, 2.45) is 11.3 Å². The summed E-state index contributed by atoms with van der Waals surface area (Å²) in [5.41, 5.74) is -6.59. The third-order valence-corrected chi connectivity index (χ3v) is 9.43. The van der Waals surface area contributed by atoms with Gasteiger partial charge < -0.3 is 33.9 Å². The summed E-state index contributed by atoms with van der Waals surface area (Å²) >= 11 is 0. The fourth-order valence-electron chi connectivity index (χ4n) is 7.88. The van der Waals surface area contributed by atoms with Crippen LogP contribution >= 0.6 is 0 Å². The monoisotopic (exact) mass is 610 g/mol. The van der Waals surface area contributed by atoms with E-state index in [1.807, 2.05) is 0 Å². The first kappa shape index (κ1) is 31.6. The summed E-state index contributed by atoms with van der Waals surface area (Å²) in [7, 11) is 0. The fourth-order valence-corrected chi connectivity index (χ4v) is 7.88. The van der Waals surface area contributed by atoms with E-state index in [0.717, 1.165) is 6.92 Å². The van der Waals surface area contributed by atoms with Gasteiger partial charge in [-0.2, -0.15) is 0 Å². The molecule has 1 saturated heterocycles. The Kier molecular flexibility index (Phi) is 7.89. The third kappa shape index (κ3) is 4.78. The van der Waals surface area contributed by atoms with Gasteiger partial charge in [0.25, 0.3) is 0 Å². The normalized spacial score (nSPS) is 36.8. The molecule has 2 aliphatic carbocycles. The first-order valence-electron chi connectivity index (χ1n) is 14.5. The van der Waals surface area contributed by atoms with E-state index < -0.39 is 82.5 Å². The minimum absolute atomic E-state index is 0.181. The minimum Gasteiger partial charge on any atom is -0.459 e. The van der Waals surface area contributed by atoms with Gasteiger partial charge in [-0.1, -0.05) is 36.4 Å². The smallest absolute Gasteiger partial charge is 0.338 e. The van der Waals surface area contributed by atoms with Crippen LogP contribution in [0, 0.1) is 11.3 Å². The van der Waals surface area contributed by atoms with Gasteiger partial charge in [-0.25, -0.2) is 9.59 Å². The molecule has 0 radical (unpaired) electrons. The predicted molar refractivity (Wildman–Crippen MR) is 153 cm³/mol. The molecule has 1 heterocycles. The number of hydrogen-bond acceptors (Lipinski definition) is 11. The Morgan fingerprint density at radius 1 is 0.727 bits per heavy atom. The van der Waals surface area contributed by atoms with Crippen LogP contribution in [0.5, 0.6) is 0 Å². The van der Waals surface area contributed by atoms with E-state index in [1.165, 1.54) is 20.8 Å². The summed E-state index contributed by atoms with van der Waals surface area (Å²) in [6, 6.07) is 16.3. The molecule has 1 spiro atoms. The molecule has 2 bridgehead atoms. The Balaban J connectivity index is 1.78. The van der Waals surface area contributed by atoms with Crippen LogP contribution in [0.15, 0.2) is 60.7 Å². The largest absolute Gasteiger partial charge is 0.459 e. The van der Waals surface area contributed by atoms with Crippen LogP contribution < -0.4 is 0 Å². The van der Waals surface area contributed by atoms with Crippen molar-refractivity contribution in [2.75, 3.05) is 0 Å². The molecule has 44 heavy (non-hydrogen) atoms. The first-order chi connectivity index (χ1) is 20.6. The van der Waals surface area contributed by atoms with Gasteiger partial charge >= 0.3 is 23.9 Å². The zero-order chi connectivity index (χ0) is 32.2. The van der Waals surface area contributed by atoms with Crippen molar-refractivity contribution in [3.8, 4) is 0 Å². The van der Waals surface area contributed by atoms with Crippen molar-refractivity contribution in [3.63, 3.8) is 0 Å². The molecule has 3 aliphatic rings. The Morgan fingerprint density at radius 3 is 1.70 bits per heavy atom. The number of carbonyl (C=O) groups excluding carboxylic acids is 4. The second-order valence-electron chi connectivity index (χ2n) is 12.8. The zero-order valence-electron chi connectivity index (χ0n) is 25.5. The van der Waals surface area contributed by atoms with Crippen molar-refractivity contribution in [2.45, 2.75) is 95.3 Å². The Hall–Kier alpha value is -3.80. The van der Waals surface area contributed by atoms with Gasteiger partial charge in [0.05, 0.1) is 39.8 Å². The highest BCUT2D eigenvalue weighted by molar-refractivity contribution is 5.90. The maximum Gasteiger partial charge on any atom is 0.338 e. The molecule has 2 saturated carbocycles. The van der Waals surface area contributed by atoms with E-state index in [1.54, 1.807) is 74.5 Å². The van der Waals surface area contributed by atoms with E-state index in [-0.39, 0.29) is 17.5 Å². The molecule has 9 atom stereocenters. The minimum atomic E-state index is -1.93. The molecule has 2 N–H and O–H groups in total. The molecular weight excluding hydrogens is 572 g/mol. The molecule has 5 rings (SSSR count). The van der Waals surface area contributed by atoms with Gasteiger partial charge in [0, 0.05) is 20.3 Å². The lowest BCUT2D eigenvalue weighted by atomic mass is 9.46. The molecule has 2 aromatic carbocycles. The molecule has 11 heteroatoms. The van der Waals surface area contributed by atoms with E-state index >= 15 is 0 Å². The number of fused-ring (bicyclic) bond motifs is 1. The summed E-state index contributed by atoms with van der Waals surface area (Å²) in [6.07, 6.45) is -7.41. The van der Waals surface area contributed by atoms with E-state index in [4.69, 9.17) is 23.7 Å². The van der Waals surface area contributed by atoms with Gasteiger partial charge in [0.2, 0.25) is 0 Å². The average molecular weight is 611 g/mol. The van der Waals surface area contributed by atoms with Crippen LogP contribution in [0.4, 0.5) is 0 Å². The fraction of sp³-hybridized carbons (Fsp3) is 0.515. The molecule has 236 valence electrons. The summed E-state index contributed by atoms with van der Waals surface area (Å²) in [6.45, 7) is 8.69. The standard InChI is InChI=1S/C33H38O11/c1-18(34)40-25-22(36)17-31(5,39)33-26(41-19(2)35)23(30(3,4)44-33)24(42-28(37)20-13-9-7-10-14-20)27(32(25,33)6)43-29(38)21-15-11-8-12-16-21/h7-16,22-27,36,39H,17H2,1-6H3/t22-,23+,24-,25+,26+,27-,31-,32-,33-/m0/s1. The van der Waals surface area contributed by atoms with Crippen molar-refractivity contribution in [1.29, 1.82) is 0 Å². The van der Waals surface area contributed by atoms with Crippen molar-refractivity contribution in [3.05, 3.63) is 71.8 Å². The Labute approximate surface area is 255 Å². The lowest BCUT2D eigenvalue weighted by Gasteiger charge is -2.65. The number of ether oxygens (including phenoxy) is 5. The van der Waals surface area contributed by atoms with Gasteiger partial charge in [0.15, 0.2) is 6.10 Å². The summed E-state index contributed by atoms with van der Waals surface area (Å²) in [5, 5.41) is 23.6. The van der Waals surface area contributed by atoms with Crippen molar-refractivity contribution in [1.82, 2.24) is 0 Å². The third-order valence-electron chi connectivity index (χ3n) is 9.43. The number of carbonyl (C=O) groups is 4. The van der Waals surface area contributed by atoms with Gasteiger partial charge in [-0.05, 0) is 52.0 Å². The van der Waals surface area contributed by atoms with Crippen LogP contribution in [0.3, 0.4) is 0 Å². The highest BCUT2D eigenvalue weighted by Gasteiger charge is 2.86. The highest BCUT2D eigenvalue weighted by atomic mass is 16.6. The topological polar surface area (TPSA) is 155 Å². The van der Waals surface area contributed by atoms with Crippen LogP contribution in [0.2, 0.25) is 0 Å². The highest BCUT2D eigenvalue weighted by Crippen LogP contribution is 2.69. The molecule has 0 aromatic heterocycles. The second-order valence-corrected chi connectivity index (χ2v) is 12.8. The number of esters is 4. The average Bonchev–Trinajstić information content (AvgIpc) is 3.16. The molecule has 11 nitrogen and oxygen atoms in total. The number of rotatable bonds is 6.